The van der Waals surface area contributed by atoms with Gasteiger partial charge in [0.15, 0.2) is 14.5 Å². The summed E-state index contributed by atoms with van der Waals surface area (Å²) in [4.78, 5) is 24.0. The SMILES string of the molecule is CCCSc1nnc(S[C@@H](C)C(=O)Nc2ccccc2C(C)=O)s1. The molecule has 0 bridgehead atoms. The first-order valence-corrected chi connectivity index (χ1v) is 10.2. The molecule has 1 N–H and O–H groups in total. The number of nitrogens with one attached hydrogen (secondary N) is 1. The van der Waals surface area contributed by atoms with E-state index in [4.69, 9.17) is 0 Å². The molecule has 0 aliphatic carbocycles. The zero-order chi connectivity index (χ0) is 17.5. The second kappa shape index (κ2) is 9.19. The molecule has 1 amide bonds. The summed E-state index contributed by atoms with van der Waals surface area (Å²) in [5.74, 6) is 0.775. The van der Waals surface area contributed by atoms with E-state index in [1.165, 1.54) is 30.0 Å². The van der Waals surface area contributed by atoms with Crippen molar-refractivity contribution in [1.82, 2.24) is 10.2 Å². The molecule has 0 unspecified atom stereocenters. The van der Waals surface area contributed by atoms with Crippen molar-refractivity contribution in [2.75, 3.05) is 11.1 Å². The molecule has 128 valence electrons. The van der Waals surface area contributed by atoms with Crippen molar-refractivity contribution >= 4 is 52.2 Å². The van der Waals surface area contributed by atoms with E-state index in [0.29, 0.717) is 11.3 Å². The number of aromatic nitrogens is 2. The first kappa shape index (κ1) is 19.0. The number of ketones is 1. The summed E-state index contributed by atoms with van der Waals surface area (Å²) >= 11 is 4.55. The number of amides is 1. The van der Waals surface area contributed by atoms with Crippen LogP contribution in [0, 0.1) is 0 Å². The van der Waals surface area contributed by atoms with Gasteiger partial charge in [0, 0.05) is 11.3 Å². The van der Waals surface area contributed by atoms with E-state index in [1.807, 2.05) is 6.92 Å². The highest BCUT2D eigenvalue weighted by molar-refractivity contribution is 8.03. The van der Waals surface area contributed by atoms with Gasteiger partial charge in [-0.25, -0.2) is 0 Å². The minimum atomic E-state index is -0.331. The molecule has 0 radical (unpaired) electrons. The van der Waals surface area contributed by atoms with Gasteiger partial charge in [0.2, 0.25) is 5.91 Å². The van der Waals surface area contributed by atoms with Gasteiger partial charge >= 0.3 is 0 Å². The van der Waals surface area contributed by atoms with Crippen LogP contribution in [0.1, 0.15) is 37.6 Å². The van der Waals surface area contributed by atoms with E-state index >= 15 is 0 Å². The maximum absolute atomic E-state index is 12.4. The molecule has 2 aromatic rings. The molecule has 1 aromatic heterocycles. The van der Waals surface area contributed by atoms with Gasteiger partial charge in [-0.1, -0.05) is 53.9 Å². The van der Waals surface area contributed by atoms with Gasteiger partial charge in [-0.15, -0.1) is 10.2 Å². The molecule has 0 spiro atoms. The van der Waals surface area contributed by atoms with Crippen LogP contribution in [0.25, 0.3) is 0 Å². The number of carbonyl (C=O) groups excluding carboxylic acids is 2. The summed E-state index contributed by atoms with van der Waals surface area (Å²) < 4.78 is 1.70. The Morgan fingerprint density at radius 2 is 1.96 bits per heavy atom. The van der Waals surface area contributed by atoms with Gasteiger partial charge in [-0.2, -0.15) is 0 Å². The average Bonchev–Trinajstić information content (AvgIpc) is 3.00. The summed E-state index contributed by atoms with van der Waals surface area (Å²) in [5, 5.41) is 10.7. The standard InChI is InChI=1S/C16H19N3O2S3/c1-4-9-22-15-18-19-16(24-15)23-11(3)14(21)17-13-8-6-5-7-12(13)10(2)20/h5-8,11H,4,9H2,1-3H3,(H,17,21)/t11-/m0/s1. The number of thioether (sulfide) groups is 2. The number of Topliss-reactive ketones (excluding diaryl/α,β-unsaturated/α-hetero) is 1. The molecule has 5 nitrogen and oxygen atoms in total. The molecule has 1 heterocycles. The first-order chi connectivity index (χ1) is 11.5. The molecule has 24 heavy (non-hydrogen) atoms. The quantitative estimate of drug-likeness (QED) is 0.541. The Morgan fingerprint density at radius 1 is 1.25 bits per heavy atom. The Hall–Kier alpha value is -1.38. The molecular weight excluding hydrogens is 362 g/mol. The van der Waals surface area contributed by atoms with Crippen LogP contribution in [0.5, 0.6) is 0 Å². The van der Waals surface area contributed by atoms with Crippen LogP contribution < -0.4 is 5.32 Å². The highest BCUT2D eigenvalue weighted by Gasteiger charge is 2.19. The number of rotatable bonds is 8. The van der Waals surface area contributed by atoms with Gasteiger partial charge in [0.05, 0.1) is 10.9 Å². The van der Waals surface area contributed by atoms with Gasteiger partial charge in [-0.05, 0) is 32.4 Å². The number of hydrogen-bond acceptors (Lipinski definition) is 7. The third-order valence-corrected chi connectivity index (χ3v) is 6.48. The molecule has 0 aliphatic rings. The topological polar surface area (TPSA) is 72.0 Å². The van der Waals surface area contributed by atoms with Gasteiger partial charge in [0.1, 0.15) is 0 Å². The normalized spacial score (nSPS) is 12.0. The molecular formula is C16H19N3O2S3. The van der Waals surface area contributed by atoms with Crippen LogP contribution in [-0.4, -0.2) is 32.9 Å². The molecule has 8 heteroatoms. The van der Waals surface area contributed by atoms with E-state index in [-0.39, 0.29) is 16.9 Å². The Kier molecular flexibility index (Phi) is 7.26. The van der Waals surface area contributed by atoms with E-state index in [0.717, 1.165) is 20.9 Å². The number of benzene rings is 1. The molecule has 0 saturated carbocycles. The highest BCUT2D eigenvalue weighted by Crippen LogP contribution is 2.31. The van der Waals surface area contributed by atoms with Gasteiger partial charge in [0.25, 0.3) is 0 Å². The minimum absolute atomic E-state index is 0.0760. The Morgan fingerprint density at radius 3 is 2.67 bits per heavy atom. The van der Waals surface area contributed by atoms with Crippen molar-refractivity contribution in [2.45, 2.75) is 41.1 Å². The molecule has 1 aromatic carbocycles. The van der Waals surface area contributed by atoms with Gasteiger partial charge in [-0.3, -0.25) is 9.59 Å². The second-order valence-electron chi connectivity index (χ2n) is 5.03. The fourth-order valence-corrected chi connectivity index (χ4v) is 4.92. The summed E-state index contributed by atoms with van der Waals surface area (Å²) in [5.41, 5.74) is 1.05. The smallest absolute Gasteiger partial charge is 0.237 e. The maximum Gasteiger partial charge on any atom is 0.237 e. The van der Waals surface area contributed by atoms with Crippen molar-refractivity contribution in [1.29, 1.82) is 0 Å². The fraction of sp³-hybridized carbons (Fsp3) is 0.375. The predicted molar refractivity (Wildman–Crippen MR) is 101 cm³/mol. The number of nitrogens with zero attached hydrogens (tertiary/aromatic N) is 2. The lowest BCUT2D eigenvalue weighted by Gasteiger charge is -2.12. The summed E-state index contributed by atoms with van der Waals surface area (Å²) in [7, 11) is 0. The third-order valence-electron chi connectivity index (χ3n) is 3.03. The number of hydrogen-bond donors (Lipinski definition) is 1. The fourth-order valence-electron chi connectivity index (χ4n) is 1.83. The van der Waals surface area contributed by atoms with Crippen molar-refractivity contribution in [3.8, 4) is 0 Å². The number of anilines is 1. The lowest BCUT2D eigenvalue weighted by Crippen LogP contribution is -2.23. The van der Waals surface area contributed by atoms with E-state index < -0.39 is 0 Å². The monoisotopic (exact) mass is 381 g/mol. The third kappa shape index (κ3) is 5.32. The number of para-hydroxylation sites is 1. The van der Waals surface area contributed by atoms with E-state index in [2.05, 4.69) is 22.4 Å². The minimum Gasteiger partial charge on any atom is -0.324 e. The molecule has 0 aliphatic heterocycles. The molecule has 0 saturated heterocycles. The van der Waals surface area contributed by atoms with Crippen LogP contribution in [-0.2, 0) is 4.79 Å². The van der Waals surface area contributed by atoms with Crippen LogP contribution >= 0.6 is 34.9 Å². The van der Waals surface area contributed by atoms with Crippen molar-refractivity contribution in [2.24, 2.45) is 0 Å². The average molecular weight is 382 g/mol. The molecule has 0 fully saturated rings. The van der Waals surface area contributed by atoms with Crippen LogP contribution in [0.3, 0.4) is 0 Å². The van der Waals surface area contributed by atoms with Crippen LogP contribution in [0.2, 0.25) is 0 Å². The van der Waals surface area contributed by atoms with Gasteiger partial charge < -0.3 is 5.32 Å². The number of carbonyl (C=O) groups is 2. The predicted octanol–water partition coefficient (Wildman–Crippen LogP) is 4.36. The summed E-state index contributed by atoms with van der Waals surface area (Å²) in [6.07, 6.45) is 1.08. The molecule has 1 atom stereocenters. The van der Waals surface area contributed by atoms with E-state index in [1.54, 1.807) is 36.0 Å². The summed E-state index contributed by atoms with van der Waals surface area (Å²) in [6, 6.07) is 7.01. The molecule has 2 rings (SSSR count). The van der Waals surface area contributed by atoms with Crippen LogP contribution in [0.15, 0.2) is 32.9 Å². The summed E-state index contributed by atoms with van der Waals surface area (Å²) in [6.45, 7) is 5.42. The van der Waals surface area contributed by atoms with Crippen molar-refractivity contribution in [3.63, 3.8) is 0 Å². The van der Waals surface area contributed by atoms with Crippen molar-refractivity contribution in [3.05, 3.63) is 29.8 Å². The van der Waals surface area contributed by atoms with Crippen LogP contribution in [0.4, 0.5) is 5.69 Å². The lowest BCUT2D eigenvalue weighted by atomic mass is 10.1. The zero-order valence-corrected chi connectivity index (χ0v) is 16.2. The van der Waals surface area contributed by atoms with Crippen molar-refractivity contribution < 1.29 is 9.59 Å². The largest absolute Gasteiger partial charge is 0.324 e. The Balaban J connectivity index is 1.97. The first-order valence-electron chi connectivity index (χ1n) is 7.55. The highest BCUT2D eigenvalue weighted by atomic mass is 32.2. The Labute approximate surface area is 154 Å². The van der Waals surface area contributed by atoms with E-state index in [9.17, 15) is 9.59 Å². The zero-order valence-electron chi connectivity index (χ0n) is 13.7. The lowest BCUT2D eigenvalue weighted by molar-refractivity contribution is -0.115. The maximum atomic E-state index is 12.4. The Bertz CT molecular complexity index is 718. The second-order valence-corrected chi connectivity index (χ2v) is 8.94.